The highest BCUT2D eigenvalue weighted by Crippen LogP contribution is 2.08. The number of nitrogens with zero attached hydrogens (tertiary/aromatic N) is 3. The molecule has 0 saturated carbocycles. The number of rotatable bonds is 5. The molecule has 0 bridgehead atoms. The van der Waals surface area contributed by atoms with E-state index in [2.05, 4.69) is 20.8 Å². The lowest BCUT2D eigenvalue weighted by atomic mass is 10.5. The fourth-order valence-electron chi connectivity index (χ4n) is 0.962. The van der Waals surface area contributed by atoms with Gasteiger partial charge >= 0.3 is 0 Å². The largest absolute Gasteiger partial charge is 0.364 e. The number of aliphatic imine (C=N–C) groups is 1. The average molecular weight is 239 g/mol. The van der Waals surface area contributed by atoms with Crippen LogP contribution in [0.25, 0.3) is 0 Å². The second-order valence-electron chi connectivity index (χ2n) is 2.78. The van der Waals surface area contributed by atoms with Gasteiger partial charge in [-0.05, 0) is 0 Å². The summed E-state index contributed by atoms with van der Waals surface area (Å²) in [6.07, 6.45) is 3.37. The maximum atomic E-state index is 8.39. The van der Waals surface area contributed by atoms with E-state index < -0.39 is 0 Å². The molecule has 16 heavy (non-hydrogen) atoms. The number of hydrogen-bond donors (Lipinski definition) is 2. The fraction of sp³-hybridized carbons (Fsp3) is 0.444. The van der Waals surface area contributed by atoms with Crippen LogP contribution in [0, 0.1) is 11.5 Å². The van der Waals surface area contributed by atoms with E-state index >= 15 is 0 Å². The fourth-order valence-corrected chi connectivity index (χ4v) is 1.71. The monoisotopic (exact) mass is 239 g/mol. The van der Waals surface area contributed by atoms with E-state index in [4.69, 9.17) is 9.78 Å². The van der Waals surface area contributed by atoms with Gasteiger partial charge in [-0.2, -0.15) is 17.0 Å². The molecule has 1 aromatic heterocycles. The lowest BCUT2D eigenvalue weighted by Gasteiger charge is -2.05. The van der Waals surface area contributed by atoms with E-state index in [1.165, 1.54) is 0 Å². The molecule has 0 aliphatic carbocycles. The van der Waals surface area contributed by atoms with Crippen molar-refractivity contribution in [2.75, 3.05) is 19.3 Å². The summed E-state index contributed by atoms with van der Waals surface area (Å²) >= 11 is 1.73. The van der Waals surface area contributed by atoms with Crippen molar-refractivity contribution in [2.24, 2.45) is 4.99 Å². The van der Waals surface area contributed by atoms with Gasteiger partial charge in [0.2, 0.25) is 5.96 Å². The molecule has 6 nitrogen and oxygen atoms in total. The average Bonchev–Trinajstić information content (AvgIpc) is 2.80. The van der Waals surface area contributed by atoms with Gasteiger partial charge in [0.1, 0.15) is 6.26 Å². The van der Waals surface area contributed by atoms with Crippen LogP contribution in [0.3, 0.4) is 0 Å². The topological polar surface area (TPSA) is 86.2 Å². The highest BCUT2D eigenvalue weighted by atomic mass is 32.2. The second kappa shape index (κ2) is 7.59. The number of nitrogens with one attached hydrogen (secondary N) is 2. The van der Waals surface area contributed by atoms with E-state index in [-0.39, 0.29) is 0 Å². The number of aromatic nitrogens is 1. The predicted octanol–water partition coefficient (Wildman–Crippen LogP) is 0.554. The molecule has 1 heterocycles. The van der Waals surface area contributed by atoms with Crippen LogP contribution in [0.5, 0.6) is 0 Å². The van der Waals surface area contributed by atoms with Gasteiger partial charge in [-0.15, -0.1) is 0 Å². The summed E-state index contributed by atoms with van der Waals surface area (Å²) in [7, 11) is 1.62. The molecule has 0 aliphatic heterocycles. The Labute approximate surface area is 98.1 Å². The van der Waals surface area contributed by atoms with Gasteiger partial charge in [0, 0.05) is 31.2 Å². The first-order valence-corrected chi connectivity index (χ1v) is 5.85. The first-order valence-electron chi connectivity index (χ1n) is 4.69. The molecular formula is C9H13N5OS. The molecular weight excluding hydrogens is 226 g/mol. The van der Waals surface area contributed by atoms with E-state index in [0.29, 0.717) is 5.96 Å². The molecule has 1 rings (SSSR count). The van der Waals surface area contributed by atoms with E-state index in [1.54, 1.807) is 25.1 Å². The maximum Gasteiger partial charge on any atom is 0.204 e. The molecule has 0 radical (unpaired) electrons. The van der Waals surface area contributed by atoms with Crippen molar-refractivity contribution >= 4 is 17.7 Å². The summed E-state index contributed by atoms with van der Waals surface area (Å²) in [5.41, 5.74) is 0.935. The van der Waals surface area contributed by atoms with Crippen LogP contribution in [-0.4, -0.2) is 30.5 Å². The molecule has 0 atom stereocenters. The van der Waals surface area contributed by atoms with Crippen molar-refractivity contribution in [1.82, 2.24) is 15.8 Å². The van der Waals surface area contributed by atoms with E-state index in [0.717, 1.165) is 23.7 Å². The molecule has 2 N–H and O–H groups in total. The maximum absolute atomic E-state index is 8.39. The Morgan fingerprint density at radius 2 is 2.62 bits per heavy atom. The zero-order valence-corrected chi connectivity index (χ0v) is 9.75. The van der Waals surface area contributed by atoms with Gasteiger partial charge in [-0.1, -0.05) is 5.16 Å². The van der Waals surface area contributed by atoms with Crippen molar-refractivity contribution in [3.8, 4) is 6.19 Å². The first-order chi connectivity index (χ1) is 7.86. The van der Waals surface area contributed by atoms with E-state index in [9.17, 15) is 0 Å². The smallest absolute Gasteiger partial charge is 0.204 e. The van der Waals surface area contributed by atoms with Crippen molar-refractivity contribution < 1.29 is 4.52 Å². The Balaban J connectivity index is 2.06. The third-order valence-corrected chi connectivity index (χ3v) is 2.67. The Morgan fingerprint density at radius 3 is 3.25 bits per heavy atom. The van der Waals surface area contributed by atoms with Crippen LogP contribution in [0.15, 0.2) is 21.8 Å². The van der Waals surface area contributed by atoms with Crippen LogP contribution >= 0.6 is 11.8 Å². The molecule has 0 unspecified atom stereocenters. The van der Waals surface area contributed by atoms with Crippen molar-refractivity contribution in [1.29, 1.82) is 5.26 Å². The van der Waals surface area contributed by atoms with Crippen LogP contribution < -0.4 is 10.6 Å². The minimum atomic E-state index is 0.490. The molecule has 7 heteroatoms. The van der Waals surface area contributed by atoms with Crippen molar-refractivity contribution in [2.45, 2.75) is 5.75 Å². The van der Waals surface area contributed by atoms with Gasteiger partial charge < -0.3 is 9.84 Å². The van der Waals surface area contributed by atoms with Gasteiger partial charge in [-0.25, -0.2) is 0 Å². The molecule has 0 amide bonds. The SMILES string of the molecule is C/N=C(\NC#N)NCCSCc1ccon1. The molecule has 0 aliphatic rings. The summed E-state index contributed by atoms with van der Waals surface area (Å²) in [6, 6.07) is 1.84. The number of hydrogen-bond acceptors (Lipinski definition) is 5. The molecule has 0 aromatic carbocycles. The van der Waals surface area contributed by atoms with Gasteiger partial charge in [0.05, 0.1) is 5.69 Å². The normalized spacial score (nSPS) is 10.9. The van der Waals surface area contributed by atoms with Gasteiger partial charge in [0.15, 0.2) is 6.19 Å². The van der Waals surface area contributed by atoms with E-state index in [1.807, 2.05) is 12.3 Å². The summed E-state index contributed by atoms with van der Waals surface area (Å²) in [5, 5.41) is 17.6. The Hall–Kier alpha value is -1.68. The predicted molar refractivity (Wildman–Crippen MR) is 62.8 cm³/mol. The molecule has 86 valence electrons. The van der Waals surface area contributed by atoms with Gasteiger partial charge in [-0.3, -0.25) is 10.3 Å². The van der Waals surface area contributed by atoms with Crippen molar-refractivity contribution in [3.05, 3.63) is 18.0 Å². The number of guanidine groups is 1. The number of thioether (sulfide) groups is 1. The lowest BCUT2D eigenvalue weighted by Crippen LogP contribution is -2.35. The second-order valence-corrected chi connectivity index (χ2v) is 3.88. The number of nitriles is 1. The molecule has 1 aromatic rings. The van der Waals surface area contributed by atoms with Crippen LogP contribution in [0.4, 0.5) is 0 Å². The quantitative estimate of drug-likeness (QED) is 0.257. The third-order valence-electron chi connectivity index (χ3n) is 1.68. The van der Waals surface area contributed by atoms with Crippen LogP contribution in [-0.2, 0) is 5.75 Å². The summed E-state index contributed by atoms with van der Waals surface area (Å²) < 4.78 is 4.71. The van der Waals surface area contributed by atoms with Crippen LogP contribution in [0.1, 0.15) is 5.69 Å². The summed E-state index contributed by atoms with van der Waals surface area (Å²) in [5.74, 6) is 2.21. The lowest BCUT2D eigenvalue weighted by molar-refractivity contribution is 0.414. The molecule has 0 spiro atoms. The first kappa shape index (κ1) is 12.4. The minimum Gasteiger partial charge on any atom is -0.364 e. The Kier molecular flexibility index (Phi) is 5.88. The highest BCUT2D eigenvalue weighted by Gasteiger charge is 1.97. The zero-order valence-electron chi connectivity index (χ0n) is 8.93. The Morgan fingerprint density at radius 1 is 1.75 bits per heavy atom. The molecule has 0 saturated heterocycles. The standard InChI is InChI=1S/C9H13N5OS/c1-11-9(13-7-10)12-3-5-16-6-8-2-4-15-14-8/h2,4H,3,5-6H2,1H3,(H2,11,12,13). The third kappa shape index (κ3) is 4.70. The minimum absolute atomic E-state index is 0.490. The molecule has 0 fully saturated rings. The summed E-state index contributed by atoms with van der Waals surface area (Å²) in [4.78, 5) is 3.86. The van der Waals surface area contributed by atoms with Crippen molar-refractivity contribution in [3.63, 3.8) is 0 Å². The van der Waals surface area contributed by atoms with Gasteiger partial charge in [0.25, 0.3) is 0 Å². The van der Waals surface area contributed by atoms with Crippen LogP contribution in [0.2, 0.25) is 0 Å². The zero-order chi connectivity index (χ0) is 11.6. The highest BCUT2D eigenvalue weighted by molar-refractivity contribution is 7.98. The summed E-state index contributed by atoms with van der Waals surface area (Å²) in [6.45, 7) is 0.740. The Bertz CT molecular complexity index is 356.